The first-order chi connectivity index (χ1) is 11.1. The standard InChI is InChI=1S/C13H15F11O/c1-2-3-4-5-6-7-25-9(15)8(14)10(16,17)11(18,19)12(20,21)13(22,23)24/h2-7H2,1H3. The van der Waals surface area contributed by atoms with Gasteiger partial charge in [0.2, 0.25) is 5.83 Å². The summed E-state index contributed by atoms with van der Waals surface area (Å²) in [5, 5.41) is 0. The van der Waals surface area contributed by atoms with E-state index >= 15 is 0 Å². The molecule has 0 saturated carbocycles. The first-order valence-electron chi connectivity index (χ1n) is 7.03. The molecule has 0 saturated heterocycles. The lowest BCUT2D eigenvalue weighted by molar-refractivity contribution is -0.392. The van der Waals surface area contributed by atoms with Gasteiger partial charge >= 0.3 is 30.0 Å². The number of unbranched alkanes of at least 4 members (excludes halogenated alkanes) is 4. The molecular formula is C13H15F11O. The van der Waals surface area contributed by atoms with Crippen molar-refractivity contribution in [3.8, 4) is 0 Å². The van der Waals surface area contributed by atoms with E-state index in [1.807, 2.05) is 6.92 Å². The molecule has 150 valence electrons. The van der Waals surface area contributed by atoms with E-state index in [9.17, 15) is 48.3 Å². The summed E-state index contributed by atoms with van der Waals surface area (Å²) < 4.78 is 142. The predicted molar refractivity (Wildman–Crippen MR) is 64.8 cm³/mol. The van der Waals surface area contributed by atoms with Crippen molar-refractivity contribution in [2.45, 2.75) is 63.0 Å². The zero-order chi connectivity index (χ0) is 20.1. The summed E-state index contributed by atoms with van der Waals surface area (Å²) in [7, 11) is 0. The van der Waals surface area contributed by atoms with E-state index in [1.165, 1.54) is 0 Å². The molecule has 0 heterocycles. The fraction of sp³-hybridized carbons (Fsp3) is 0.846. The Balaban J connectivity index is 5.20. The van der Waals surface area contributed by atoms with Crippen LogP contribution in [0.5, 0.6) is 0 Å². The molecule has 0 bridgehead atoms. The van der Waals surface area contributed by atoms with E-state index in [0.29, 0.717) is 12.8 Å². The molecule has 0 atom stereocenters. The van der Waals surface area contributed by atoms with E-state index in [2.05, 4.69) is 4.74 Å². The Morgan fingerprint density at radius 2 is 1.20 bits per heavy atom. The normalized spacial score (nSPS) is 15.2. The van der Waals surface area contributed by atoms with Gasteiger partial charge in [0, 0.05) is 0 Å². The Labute approximate surface area is 135 Å². The van der Waals surface area contributed by atoms with Crippen LogP contribution < -0.4 is 0 Å². The maximum absolute atomic E-state index is 13.1. The van der Waals surface area contributed by atoms with Gasteiger partial charge in [-0.3, -0.25) is 0 Å². The van der Waals surface area contributed by atoms with Gasteiger partial charge in [-0.2, -0.15) is 48.3 Å². The van der Waals surface area contributed by atoms with Crippen molar-refractivity contribution in [2.75, 3.05) is 6.61 Å². The summed E-state index contributed by atoms with van der Waals surface area (Å²) in [5.74, 6) is -25.2. The van der Waals surface area contributed by atoms with Gasteiger partial charge in [-0.05, 0) is 6.42 Å². The maximum atomic E-state index is 13.1. The van der Waals surface area contributed by atoms with Crippen molar-refractivity contribution in [3.63, 3.8) is 0 Å². The summed E-state index contributed by atoms with van der Waals surface area (Å²) in [4.78, 5) is 0. The van der Waals surface area contributed by atoms with Gasteiger partial charge in [-0.1, -0.05) is 32.6 Å². The SMILES string of the molecule is CCCCCCCOC(F)=C(F)C(F)(F)C(F)(F)C(F)(F)C(F)(F)F. The first kappa shape index (κ1) is 23.8. The van der Waals surface area contributed by atoms with E-state index < -0.39 is 42.4 Å². The van der Waals surface area contributed by atoms with Crippen LogP contribution >= 0.6 is 0 Å². The van der Waals surface area contributed by atoms with Crippen molar-refractivity contribution in [2.24, 2.45) is 0 Å². The monoisotopic (exact) mass is 396 g/mol. The summed E-state index contributed by atoms with van der Waals surface area (Å²) in [6.45, 7) is 1.10. The molecule has 0 aromatic carbocycles. The van der Waals surface area contributed by atoms with E-state index in [0.717, 1.165) is 12.8 Å². The number of allylic oxidation sites excluding steroid dienone is 1. The van der Waals surface area contributed by atoms with Gasteiger partial charge in [0.15, 0.2) is 0 Å². The van der Waals surface area contributed by atoms with Crippen LogP contribution in [0.1, 0.15) is 39.0 Å². The van der Waals surface area contributed by atoms with Gasteiger partial charge in [0.25, 0.3) is 0 Å². The summed E-state index contributed by atoms with van der Waals surface area (Å²) >= 11 is 0. The third-order valence-electron chi connectivity index (χ3n) is 3.07. The summed E-state index contributed by atoms with van der Waals surface area (Å²) in [6.07, 6.45) is -4.51. The number of hydrogen-bond acceptors (Lipinski definition) is 1. The Hall–Kier alpha value is -1.23. The largest absolute Gasteiger partial charge is 0.469 e. The summed E-state index contributed by atoms with van der Waals surface area (Å²) in [5.41, 5.74) is 0. The van der Waals surface area contributed by atoms with Crippen molar-refractivity contribution < 1.29 is 53.0 Å². The average Bonchev–Trinajstić information content (AvgIpc) is 2.48. The molecule has 0 unspecified atom stereocenters. The molecule has 0 N–H and O–H groups in total. The molecule has 0 amide bonds. The molecule has 0 aromatic heterocycles. The number of halogens is 11. The molecule has 0 aromatic rings. The predicted octanol–water partition coefficient (Wildman–Crippen LogP) is 6.55. The highest BCUT2D eigenvalue weighted by Crippen LogP contribution is 2.55. The molecule has 1 nitrogen and oxygen atoms in total. The number of alkyl halides is 9. The fourth-order valence-corrected chi connectivity index (χ4v) is 1.57. The third kappa shape index (κ3) is 5.13. The van der Waals surface area contributed by atoms with Crippen molar-refractivity contribution in [1.29, 1.82) is 0 Å². The summed E-state index contributed by atoms with van der Waals surface area (Å²) in [6, 6.07) is -2.97. The lowest BCUT2D eigenvalue weighted by Gasteiger charge is -2.32. The van der Waals surface area contributed by atoms with Gasteiger partial charge in [0.05, 0.1) is 6.61 Å². The number of ether oxygens (including phenoxy) is 1. The number of hydrogen-bond donors (Lipinski definition) is 0. The minimum atomic E-state index is -7.30. The second-order valence-corrected chi connectivity index (χ2v) is 5.07. The molecule has 0 aliphatic heterocycles. The van der Waals surface area contributed by atoms with E-state index in [-0.39, 0.29) is 6.42 Å². The average molecular weight is 396 g/mol. The molecule has 0 rings (SSSR count). The van der Waals surface area contributed by atoms with Crippen LogP contribution in [0.4, 0.5) is 48.3 Å². The van der Waals surface area contributed by atoms with Crippen LogP contribution in [0.15, 0.2) is 11.8 Å². The zero-order valence-corrected chi connectivity index (χ0v) is 12.8. The zero-order valence-electron chi connectivity index (χ0n) is 12.8. The quantitative estimate of drug-likeness (QED) is 0.231. The Kier molecular flexibility index (Phi) is 8.02. The molecule has 25 heavy (non-hydrogen) atoms. The smallest absolute Gasteiger partial charge is 0.460 e. The molecule has 0 fully saturated rings. The van der Waals surface area contributed by atoms with Crippen molar-refractivity contribution >= 4 is 0 Å². The molecular weight excluding hydrogens is 381 g/mol. The highest BCUT2D eigenvalue weighted by Gasteiger charge is 2.83. The van der Waals surface area contributed by atoms with Gasteiger partial charge in [0.1, 0.15) is 0 Å². The van der Waals surface area contributed by atoms with Gasteiger partial charge in [-0.15, -0.1) is 0 Å². The Bertz CT molecular complexity index is 453. The van der Waals surface area contributed by atoms with Crippen LogP contribution in [0.3, 0.4) is 0 Å². The van der Waals surface area contributed by atoms with Crippen LogP contribution in [-0.4, -0.2) is 30.6 Å². The van der Waals surface area contributed by atoms with Crippen molar-refractivity contribution in [1.82, 2.24) is 0 Å². The highest BCUT2D eigenvalue weighted by atomic mass is 19.4. The van der Waals surface area contributed by atoms with E-state index in [1.54, 1.807) is 0 Å². The van der Waals surface area contributed by atoms with Gasteiger partial charge in [-0.25, -0.2) is 0 Å². The van der Waals surface area contributed by atoms with Crippen molar-refractivity contribution in [3.05, 3.63) is 11.8 Å². The minimum Gasteiger partial charge on any atom is -0.469 e. The van der Waals surface area contributed by atoms with Crippen LogP contribution in [-0.2, 0) is 4.74 Å². The second-order valence-electron chi connectivity index (χ2n) is 5.07. The van der Waals surface area contributed by atoms with Crippen LogP contribution in [0, 0.1) is 0 Å². The maximum Gasteiger partial charge on any atom is 0.460 e. The lowest BCUT2D eigenvalue weighted by atomic mass is 10.0. The molecule has 0 spiro atoms. The lowest BCUT2D eigenvalue weighted by Crippen LogP contribution is -2.61. The number of rotatable bonds is 10. The topological polar surface area (TPSA) is 9.23 Å². The Morgan fingerprint density at radius 3 is 1.64 bits per heavy atom. The first-order valence-corrected chi connectivity index (χ1v) is 7.03. The molecule has 0 aliphatic rings. The highest BCUT2D eigenvalue weighted by molar-refractivity contribution is 5.16. The minimum absolute atomic E-state index is 0.00136. The Morgan fingerprint density at radius 1 is 0.720 bits per heavy atom. The molecule has 0 radical (unpaired) electrons. The fourth-order valence-electron chi connectivity index (χ4n) is 1.57. The van der Waals surface area contributed by atoms with E-state index in [4.69, 9.17) is 0 Å². The second kappa shape index (κ2) is 8.43. The van der Waals surface area contributed by atoms with Gasteiger partial charge < -0.3 is 4.74 Å². The molecule has 12 heteroatoms. The third-order valence-corrected chi connectivity index (χ3v) is 3.07. The van der Waals surface area contributed by atoms with Crippen LogP contribution in [0.2, 0.25) is 0 Å². The molecule has 0 aliphatic carbocycles. The van der Waals surface area contributed by atoms with Crippen LogP contribution in [0.25, 0.3) is 0 Å².